The summed E-state index contributed by atoms with van der Waals surface area (Å²) in [5, 5.41) is 5.16. The van der Waals surface area contributed by atoms with Crippen LogP contribution in [0.3, 0.4) is 0 Å². The maximum absolute atomic E-state index is 12.2. The molecular formula is C18H22N2OS. The largest absolute Gasteiger partial charge is 0.355 e. The molecule has 0 spiro atoms. The minimum Gasteiger partial charge on any atom is -0.355 e. The van der Waals surface area contributed by atoms with Crippen LogP contribution in [-0.2, 0) is 11.2 Å². The van der Waals surface area contributed by atoms with Gasteiger partial charge in [-0.1, -0.05) is 36.4 Å². The number of thiophene rings is 1. The van der Waals surface area contributed by atoms with Gasteiger partial charge >= 0.3 is 0 Å². The lowest BCUT2D eigenvalue weighted by molar-refractivity contribution is -0.122. The molecule has 3 rings (SSSR count). The van der Waals surface area contributed by atoms with Crippen LogP contribution in [0.4, 0.5) is 0 Å². The summed E-state index contributed by atoms with van der Waals surface area (Å²) in [5.74, 6) is 0.138. The number of carbonyl (C=O) groups is 1. The van der Waals surface area contributed by atoms with Crippen LogP contribution >= 0.6 is 11.3 Å². The van der Waals surface area contributed by atoms with Gasteiger partial charge in [-0.3, -0.25) is 9.69 Å². The number of carbonyl (C=O) groups excluding carboxylic acids is 1. The van der Waals surface area contributed by atoms with Crippen molar-refractivity contribution >= 4 is 17.2 Å². The lowest BCUT2D eigenvalue weighted by Gasteiger charge is -2.22. The normalized spacial score (nSPS) is 18.5. The van der Waals surface area contributed by atoms with Gasteiger partial charge in [-0.2, -0.15) is 0 Å². The van der Waals surface area contributed by atoms with Gasteiger partial charge in [0.15, 0.2) is 0 Å². The summed E-state index contributed by atoms with van der Waals surface area (Å²) < 4.78 is 0. The van der Waals surface area contributed by atoms with Gasteiger partial charge in [0.25, 0.3) is 0 Å². The number of benzene rings is 1. The third kappa shape index (κ3) is 3.96. The zero-order chi connectivity index (χ0) is 15.2. The number of hydrogen-bond acceptors (Lipinski definition) is 3. The van der Waals surface area contributed by atoms with E-state index in [9.17, 15) is 4.79 Å². The molecule has 1 fully saturated rings. The summed E-state index contributed by atoms with van der Waals surface area (Å²) in [5.41, 5.74) is 1.26. The zero-order valence-corrected chi connectivity index (χ0v) is 13.5. The second-order valence-corrected chi connectivity index (χ2v) is 6.71. The van der Waals surface area contributed by atoms with Crippen molar-refractivity contribution in [3.63, 3.8) is 0 Å². The highest BCUT2D eigenvalue weighted by molar-refractivity contribution is 7.10. The van der Waals surface area contributed by atoms with Crippen LogP contribution in [0.5, 0.6) is 0 Å². The maximum atomic E-state index is 12.2. The smallest absolute Gasteiger partial charge is 0.234 e. The molecule has 4 heteroatoms. The first-order valence-electron chi connectivity index (χ1n) is 7.91. The second-order valence-electron chi connectivity index (χ2n) is 5.73. The van der Waals surface area contributed by atoms with Crippen molar-refractivity contribution in [2.24, 2.45) is 0 Å². The molecule has 3 nitrogen and oxygen atoms in total. The highest BCUT2D eigenvalue weighted by Crippen LogP contribution is 2.33. The van der Waals surface area contributed by atoms with Crippen molar-refractivity contribution in [3.8, 4) is 0 Å². The summed E-state index contributed by atoms with van der Waals surface area (Å²) in [6.07, 6.45) is 3.23. The maximum Gasteiger partial charge on any atom is 0.234 e. The number of rotatable bonds is 6. The Bertz CT molecular complexity index is 582. The standard InChI is InChI=1S/C18H22N2OS/c21-18(19-11-10-15-6-2-1-3-7-15)14-20-12-4-8-16(20)17-9-5-13-22-17/h1-3,5-7,9,13,16H,4,8,10-12,14H2,(H,19,21)/t16-/m1/s1. The molecule has 22 heavy (non-hydrogen) atoms. The molecule has 1 amide bonds. The van der Waals surface area contributed by atoms with Crippen LogP contribution in [0.15, 0.2) is 47.8 Å². The van der Waals surface area contributed by atoms with Gasteiger partial charge in [-0.25, -0.2) is 0 Å². The predicted octanol–water partition coefficient (Wildman–Crippen LogP) is 3.24. The minimum absolute atomic E-state index is 0.138. The molecule has 1 atom stereocenters. The van der Waals surface area contributed by atoms with Crippen LogP contribution in [0, 0.1) is 0 Å². The van der Waals surface area contributed by atoms with E-state index in [0.29, 0.717) is 19.1 Å². The van der Waals surface area contributed by atoms with Crippen LogP contribution in [0.2, 0.25) is 0 Å². The van der Waals surface area contributed by atoms with Crippen molar-refractivity contribution < 1.29 is 4.79 Å². The van der Waals surface area contributed by atoms with Crippen LogP contribution in [-0.4, -0.2) is 30.4 Å². The average molecular weight is 314 g/mol. The van der Waals surface area contributed by atoms with Crippen molar-refractivity contribution in [1.29, 1.82) is 0 Å². The molecule has 1 aromatic heterocycles. The topological polar surface area (TPSA) is 32.3 Å². The quantitative estimate of drug-likeness (QED) is 0.888. The average Bonchev–Trinajstić information content (AvgIpc) is 3.19. The zero-order valence-electron chi connectivity index (χ0n) is 12.7. The Morgan fingerprint density at radius 1 is 1.23 bits per heavy atom. The van der Waals surface area contributed by atoms with E-state index in [0.717, 1.165) is 19.4 Å². The first-order valence-corrected chi connectivity index (χ1v) is 8.79. The van der Waals surface area contributed by atoms with E-state index in [1.807, 2.05) is 18.2 Å². The van der Waals surface area contributed by atoms with Crippen LogP contribution in [0.25, 0.3) is 0 Å². The molecule has 0 bridgehead atoms. The van der Waals surface area contributed by atoms with Crippen molar-refractivity contribution in [3.05, 3.63) is 58.3 Å². The monoisotopic (exact) mass is 314 g/mol. The third-order valence-corrected chi connectivity index (χ3v) is 5.13. The summed E-state index contributed by atoms with van der Waals surface area (Å²) in [4.78, 5) is 15.8. The molecule has 116 valence electrons. The Hall–Kier alpha value is -1.65. The summed E-state index contributed by atoms with van der Waals surface area (Å²) in [7, 11) is 0. The Morgan fingerprint density at radius 3 is 2.86 bits per heavy atom. The van der Waals surface area contributed by atoms with E-state index >= 15 is 0 Å². The third-order valence-electron chi connectivity index (χ3n) is 4.16. The van der Waals surface area contributed by atoms with E-state index in [1.165, 1.54) is 16.9 Å². The molecule has 1 saturated heterocycles. The van der Waals surface area contributed by atoms with Gasteiger partial charge in [-0.05, 0) is 42.8 Å². The fourth-order valence-electron chi connectivity index (χ4n) is 3.05. The van der Waals surface area contributed by atoms with Gasteiger partial charge in [0.05, 0.1) is 6.54 Å². The van der Waals surface area contributed by atoms with E-state index in [-0.39, 0.29) is 5.91 Å². The van der Waals surface area contributed by atoms with E-state index in [1.54, 1.807) is 11.3 Å². The first-order chi connectivity index (χ1) is 10.8. The highest BCUT2D eigenvalue weighted by Gasteiger charge is 2.27. The second kappa shape index (κ2) is 7.56. The first kappa shape index (κ1) is 15.3. The van der Waals surface area contributed by atoms with Gasteiger partial charge in [0, 0.05) is 17.5 Å². The Balaban J connectivity index is 1.45. The molecule has 2 aromatic rings. The van der Waals surface area contributed by atoms with E-state index < -0.39 is 0 Å². The molecule has 1 aliphatic heterocycles. The molecule has 0 radical (unpaired) electrons. The number of likely N-dealkylation sites (tertiary alicyclic amines) is 1. The Morgan fingerprint density at radius 2 is 2.09 bits per heavy atom. The van der Waals surface area contributed by atoms with Crippen LogP contribution in [0.1, 0.15) is 29.3 Å². The molecule has 2 heterocycles. The van der Waals surface area contributed by atoms with Gasteiger partial charge in [0.1, 0.15) is 0 Å². The van der Waals surface area contributed by atoms with Crippen molar-refractivity contribution in [2.45, 2.75) is 25.3 Å². The Kier molecular flexibility index (Phi) is 5.24. The summed E-state index contributed by atoms with van der Waals surface area (Å²) in [6, 6.07) is 15.0. The number of nitrogens with one attached hydrogen (secondary N) is 1. The van der Waals surface area contributed by atoms with Crippen molar-refractivity contribution in [2.75, 3.05) is 19.6 Å². The lowest BCUT2D eigenvalue weighted by Crippen LogP contribution is -2.37. The molecule has 1 aliphatic rings. The molecule has 0 unspecified atom stereocenters. The van der Waals surface area contributed by atoms with E-state index in [4.69, 9.17) is 0 Å². The SMILES string of the molecule is O=C(CN1CCC[C@@H]1c1cccs1)NCCc1ccccc1. The molecular weight excluding hydrogens is 292 g/mol. The van der Waals surface area contributed by atoms with Gasteiger partial charge in [0.2, 0.25) is 5.91 Å². The van der Waals surface area contributed by atoms with Crippen molar-refractivity contribution in [1.82, 2.24) is 10.2 Å². The molecule has 0 aliphatic carbocycles. The summed E-state index contributed by atoms with van der Waals surface area (Å²) in [6.45, 7) is 2.24. The van der Waals surface area contributed by atoms with E-state index in [2.05, 4.69) is 39.9 Å². The fourth-order valence-corrected chi connectivity index (χ4v) is 3.95. The predicted molar refractivity (Wildman–Crippen MR) is 91.0 cm³/mol. The lowest BCUT2D eigenvalue weighted by atomic mass is 10.1. The molecule has 1 N–H and O–H groups in total. The van der Waals surface area contributed by atoms with Gasteiger partial charge in [-0.15, -0.1) is 11.3 Å². The Labute approximate surface area is 136 Å². The number of hydrogen-bond donors (Lipinski definition) is 1. The fraction of sp³-hybridized carbons (Fsp3) is 0.389. The highest BCUT2D eigenvalue weighted by atomic mass is 32.1. The number of amides is 1. The molecule has 1 aromatic carbocycles. The van der Waals surface area contributed by atoms with Crippen LogP contribution < -0.4 is 5.32 Å². The summed E-state index contributed by atoms with van der Waals surface area (Å²) >= 11 is 1.79. The van der Waals surface area contributed by atoms with Gasteiger partial charge < -0.3 is 5.32 Å². The molecule has 0 saturated carbocycles. The number of nitrogens with zero attached hydrogens (tertiary/aromatic N) is 1. The minimum atomic E-state index is 0.138.